The molecule has 2 rings (SSSR count). The van der Waals surface area contributed by atoms with Crippen LogP contribution >= 0.6 is 0 Å². The Hall–Kier alpha value is -1.88. The largest absolute Gasteiger partial charge is 0.369 e. The SMILES string of the molecule is CC(C)c1ccc(NC(=O)C[NH+]2CCC[C@H](C(N)=O)C2)cc1. The van der Waals surface area contributed by atoms with E-state index < -0.39 is 0 Å². The van der Waals surface area contributed by atoms with Crippen molar-refractivity contribution < 1.29 is 14.5 Å². The Bertz CT molecular complexity index is 525. The molecule has 0 aliphatic carbocycles. The molecule has 22 heavy (non-hydrogen) atoms. The molecule has 2 amide bonds. The minimum atomic E-state index is -0.248. The summed E-state index contributed by atoms with van der Waals surface area (Å²) < 4.78 is 0. The molecule has 1 aromatic carbocycles. The van der Waals surface area contributed by atoms with Crippen LogP contribution in [-0.4, -0.2) is 31.4 Å². The van der Waals surface area contributed by atoms with Crippen LogP contribution in [0.2, 0.25) is 0 Å². The minimum absolute atomic E-state index is 0.0163. The van der Waals surface area contributed by atoms with E-state index in [1.165, 1.54) is 5.56 Å². The zero-order chi connectivity index (χ0) is 16.1. The highest BCUT2D eigenvalue weighted by atomic mass is 16.2. The van der Waals surface area contributed by atoms with Crippen molar-refractivity contribution in [1.29, 1.82) is 0 Å². The van der Waals surface area contributed by atoms with Gasteiger partial charge in [0, 0.05) is 5.69 Å². The van der Waals surface area contributed by atoms with E-state index in [-0.39, 0.29) is 17.7 Å². The van der Waals surface area contributed by atoms with E-state index in [0.29, 0.717) is 19.0 Å². The highest BCUT2D eigenvalue weighted by molar-refractivity contribution is 5.91. The van der Waals surface area contributed by atoms with Crippen LogP contribution in [0.3, 0.4) is 0 Å². The molecule has 5 nitrogen and oxygen atoms in total. The third-order valence-corrected chi connectivity index (χ3v) is 4.29. The number of likely N-dealkylation sites (tertiary alicyclic amines) is 1. The van der Waals surface area contributed by atoms with Gasteiger partial charge in [-0.15, -0.1) is 0 Å². The molecule has 1 heterocycles. The Kier molecular flexibility index (Phi) is 5.55. The van der Waals surface area contributed by atoms with Gasteiger partial charge in [0.1, 0.15) is 0 Å². The van der Waals surface area contributed by atoms with Crippen LogP contribution in [-0.2, 0) is 9.59 Å². The number of nitrogens with two attached hydrogens (primary N) is 1. The maximum absolute atomic E-state index is 12.1. The first-order valence-corrected chi connectivity index (χ1v) is 7.98. The first kappa shape index (κ1) is 16.5. The summed E-state index contributed by atoms with van der Waals surface area (Å²) in [7, 11) is 0. The van der Waals surface area contributed by atoms with Gasteiger partial charge in [0.15, 0.2) is 6.54 Å². The van der Waals surface area contributed by atoms with E-state index in [1.54, 1.807) is 0 Å². The van der Waals surface area contributed by atoms with Crippen molar-refractivity contribution in [3.63, 3.8) is 0 Å². The fourth-order valence-corrected chi connectivity index (χ4v) is 2.94. The van der Waals surface area contributed by atoms with E-state index >= 15 is 0 Å². The number of piperidine rings is 1. The number of amides is 2. The van der Waals surface area contributed by atoms with Gasteiger partial charge in [-0.1, -0.05) is 26.0 Å². The molecule has 0 bridgehead atoms. The summed E-state index contributed by atoms with van der Waals surface area (Å²) in [5.41, 5.74) is 7.44. The Morgan fingerprint density at radius 2 is 2.00 bits per heavy atom. The van der Waals surface area contributed by atoms with Gasteiger partial charge in [-0.25, -0.2) is 0 Å². The molecule has 1 unspecified atom stereocenters. The average molecular weight is 304 g/mol. The lowest BCUT2D eigenvalue weighted by Crippen LogP contribution is -3.14. The zero-order valence-corrected chi connectivity index (χ0v) is 13.4. The number of nitrogens with one attached hydrogen (secondary N) is 2. The van der Waals surface area contributed by atoms with Crippen LogP contribution < -0.4 is 16.0 Å². The van der Waals surface area contributed by atoms with Crippen LogP contribution in [0, 0.1) is 5.92 Å². The Morgan fingerprint density at radius 3 is 2.59 bits per heavy atom. The Balaban J connectivity index is 1.86. The lowest BCUT2D eigenvalue weighted by molar-refractivity contribution is -0.899. The summed E-state index contributed by atoms with van der Waals surface area (Å²) in [5.74, 6) is 0.120. The molecule has 4 N–H and O–H groups in total. The molecule has 0 saturated carbocycles. The van der Waals surface area contributed by atoms with Crippen molar-refractivity contribution in [3.8, 4) is 0 Å². The predicted octanol–water partition coefficient (Wildman–Crippen LogP) is 0.529. The Morgan fingerprint density at radius 1 is 1.32 bits per heavy atom. The molecule has 1 aromatic rings. The highest BCUT2D eigenvalue weighted by Gasteiger charge is 2.28. The van der Waals surface area contributed by atoms with Gasteiger partial charge < -0.3 is 16.0 Å². The highest BCUT2D eigenvalue weighted by Crippen LogP contribution is 2.16. The van der Waals surface area contributed by atoms with Gasteiger partial charge in [-0.2, -0.15) is 0 Å². The first-order chi connectivity index (χ1) is 10.5. The molecule has 1 saturated heterocycles. The molecule has 0 radical (unpaired) electrons. The fraction of sp³-hybridized carbons (Fsp3) is 0.529. The first-order valence-electron chi connectivity index (χ1n) is 7.98. The molecule has 1 aliphatic heterocycles. The van der Waals surface area contributed by atoms with E-state index in [2.05, 4.69) is 19.2 Å². The second-order valence-corrected chi connectivity index (χ2v) is 6.45. The summed E-state index contributed by atoms with van der Waals surface area (Å²) in [5, 5.41) is 2.92. The molecule has 1 fully saturated rings. The zero-order valence-electron chi connectivity index (χ0n) is 13.4. The van der Waals surface area contributed by atoms with Crippen LogP contribution in [0.25, 0.3) is 0 Å². The lowest BCUT2D eigenvalue weighted by Gasteiger charge is -2.27. The minimum Gasteiger partial charge on any atom is -0.369 e. The van der Waals surface area contributed by atoms with E-state index in [0.717, 1.165) is 30.0 Å². The molecular weight excluding hydrogens is 278 g/mol. The van der Waals surface area contributed by atoms with E-state index in [9.17, 15) is 9.59 Å². The van der Waals surface area contributed by atoms with Gasteiger partial charge >= 0.3 is 0 Å². The summed E-state index contributed by atoms with van der Waals surface area (Å²) >= 11 is 0. The molecule has 120 valence electrons. The smallest absolute Gasteiger partial charge is 0.279 e. The Labute approximate surface area is 131 Å². The summed E-state index contributed by atoms with van der Waals surface area (Å²) in [4.78, 5) is 24.5. The summed E-state index contributed by atoms with van der Waals surface area (Å²) in [6, 6.07) is 7.95. The van der Waals surface area contributed by atoms with Crippen molar-refractivity contribution in [2.45, 2.75) is 32.6 Å². The molecular formula is C17H26N3O2+. The van der Waals surface area contributed by atoms with E-state index in [4.69, 9.17) is 5.73 Å². The third kappa shape index (κ3) is 4.56. The molecule has 5 heteroatoms. The number of anilines is 1. The topological polar surface area (TPSA) is 76.6 Å². The summed E-state index contributed by atoms with van der Waals surface area (Å²) in [6.07, 6.45) is 1.79. The number of primary amides is 1. The number of hydrogen-bond donors (Lipinski definition) is 3. The number of carbonyl (C=O) groups is 2. The number of benzene rings is 1. The van der Waals surface area contributed by atoms with Crippen LogP contribution in [0.4, 0.5) is 5.69 Å². The van der Waals surface area contributed by atoms with E-state index in [1.807, 2.05) is 24.3 Å². The molecule has 2 atom stereocenters. The van der Waals surface area contributed by atoms with Crippen molar-refractivity contribution in [2.24, 2.45) is 11.7 Å². The van der Waals surface area contributed by atoms with Crippen molar-refractivity contribution in [3.05, 3.63) is 29.8 Å². The van der Waals surface area contributed by atoms with Gasteiger partial charge in [-0.3, -0.25) is 9.59 Å². The number of hydrogen-bond acceptors (Lipinski definition) is 2. The normalized spacial score (nSPS) is 21.6. The number of rotatable bonds is 5. The van der Waals surface area contributed by atoms with Crippen LogP contribution in [0.15, 0.2) is 24.3 Å². The van der Waals surface area contributed by atoms with Crippen molar-refractivity contribution >= 4 is 17.5 Å². The summed E-state index contributed by atoms with van der Waals surface area (Å²) in [6.45, 7) is 6.25. The maximum Gasteiger partial charge on any atom is 0.279 e. The van der Waals surface area contributed by atoms with Gasteiger partial charge in [0.05, 0.1) is 19.0 Å². The maximum atomic E-state index is 12.1. The quantitative estimate of drug-likeness (QED) is 0.742. The second-order valence-electron chi connectivity index (χ2n) is 6.45. The standard InChI is InChI=1S/C17H25N3O2/c1-12(2)13-5-7-15(8-6-13)19-16(21)11-20-9-3-4-14(10-20)17(18)22/h5-8,12,14H,3-4,9-11H2,1-2H3,(H2,18,22)(H,19,21)/p+1/t14-/m0/s1. The number of carbonyl (C=O) groups excluding carboxylic acids is 2. The average Bonchev–Trinajstić information content (AvgIpc) is 2.47. The lowest BCUT2D eigenvalue weighted by atomic mass is 9.97. The van der Waals surface area contributed by atoms with Crippen molar-refractivity contribution in [2.75, 3.05) is 25.0 Å². The van der Waals surface area contributed by atoms with Gasteiger partial charge in [-0.05, 0) is 36.5 Å². The third-order valence-electron chi connectivity index (χ3n) is 4.29. The van der Waals surface area contributed by atoms with Gasteiger partial charge in [0.25, 0.3) is 5.91 Å². The van der Waals surface area contributed by atoms with Crippen LogP contribution in [0.1, 0.15) is 38.2 Å². The van der Waals surface area contributed by atoms with Crippen LogP contribution in [0.5, 0.6) is 0 Å². The number of quaternary nitrogens is 1. The fourth-order valence-electron chi connectivity index (χ4n) is 2.94. The predicted molar refractivity (Wildman–Crippen MR) is 86.6 cm³/mol. The molecule has 1 aliphatic rings. The van der Waals surface area contributed by atoms with Crippen molar-refractivity contribution in [1.82, 2.24) is 0 Å². The monoisotopic (exact) mass is 304 g/mol. The van der Waals surface area contributed by atoms with Gasteiger partial charge in [0.2, 0.25) is 5.91 Å². The molecule has 0 aromatic heterocycles. The second kappa shape index (κ2) is 7.40. The molecule has 0 spiro atoms.